The molecule has 38 heavy (non-hydrogen) atoms. The minimum atomic E-state index is -0.991. The summed E-state index contributed by atoms with van der Waals surface area (Å²) in [6.07, 6.45) is 1.54. The highest BCUT2D eigenvalue weighted by Crippen LogP contribution is 2.34. The van der Waals surface area contributed by atoms with Gasteiger partial charge in [-0.15, -0.1) is 0 Å². The number of carbonyl (C=O) groups excluding carboxylic acids is 2. The smallest absolute Gasteiger partial charge is 0.271 e. The van der Waals surface area contributed by atoms with Crippen LogP contribution in [0.4, 0.5) is 0 Å². The number of carbonyl (C=O) groups is 2. The quantitative estimate of drug-likeness (QED) is 0.303. The highest BCUT2D eigenvalue weighted by Gasteiger charge is 2.35. The lowest BCUT2D eigenvalue weighted by atomic mass is 10.0. The lowest BCUT2D eigenvalue weighted by Crippen LogP contribution is -2.49. The Hall–Kier alpha value is -4.46. The van der Waals surface area contributed by atoms with Crippen molar-refractivity contribution < 1.29 is 23.5 Å². The standard InChI is InChI=1S/C30H33N3O5/c1-30(2,3)32-28(34)27(21-13-16-25(36-4)26(18-21)37-5)33(19-22-12-9-17-38-22)29(35)24-15-14-23(31-24)20-10-7-6-8-11-20/h6-18,27,31H,19H2,1-5H3,(H,32,34)/t27-/m1/s1. The van der Waals surface area contributed by atoms with Gasteiger partial charge in [-0.05, 0) is 68.3 Å². The van der Waals surface area contributed by atoms with Gasteiger partial charge in [0.05, 0.1) is 27.0 Å². The number of rotatable bonds is 9. The number of nitrogens with one attached hydrogen (secondary N) is 2. The Kier molecular flexibility index (Phi) is 7.90. The number of hydrogen-bond acceptors (Lipinski definition) is 5. The molecule has 198 valence electrons. The Morgan fingerprint density at radius 1 is 0.947 bits per heavy atom. The molecule has 8 nitrogen and oxygen atoms in total. The van der Waals surface area contributed by atoms with Crippen LogP contribution in [0.2, 0.25) is 0 Å². The van der Waals surface area contributed by atoms with Gasteiger partial charge in [-0.25, -0.2) is 0 Å². The number of benzene rings is 2. The molecule has 0 aliphatic heterocycles. The summed E-state index contributed by atoms with van der Waals surface area (Å²) in [5.41, 5.74) is 2.14. The molecule has 0 radical (unpaired) electrons. The van der Waals surface area contributed by atoms with Crippen LogP contribution in [-0.4, -0.2) is 41.5 Å². The van der Waals surface area contributed by atoms with E-state index >= 15 is 0 Å². The first-order valence-electron chi connectivity index (χ1n) is 12.3. The number of ether oxygens (including phenoxy) is 2. The van der Waals surface area contributed by atoms with Gasteiger partial charge in [0.1, 0.15) is 17.5 Å². The van der Waals surface area contributed by atoms with Gasteiger partial charge in [0, 0.05) is 11.2 Å². The molecule has 8 heteroatoms. The summed E-state index contributed by atoms with van der Waals surface area (Å²) >= 11 is 0. The normalized spacial score (nSPS) is 12.0. The first-order valence-corrected chi connectivity index (χ1v) is 12.3. The van der Waals surface area contributed by atoms with Gasteiger partial charge in [0.15, 0.2) is 11.5 Å². The van der Waals surface area contributed by atoms with E-state index in [1.54, 1.807) is 49.8 Å². The molecule has 0 aliphatic rings. The summed E-state index contributed by atoms with van der Waals surface area (Å²) in [5, 5.41) is 3.04. The second kappa shape index (κ2) is 11.3. The summed E-state index contributed by atoms with van der Waals surface area (Å²) in [6.45, 7) is 5.76. The van der Waals surface area contributed by atoms with Crippen LogP contribution in [-0.2, 0) is 11.3 Å². The van der Waals surface area contributed by atoms with Gasteiger partial charge in [0.25, 0.3) is 5.91 Å². The van der Waals surface area contributed by atoms with Crippen LogP contribution in [0.15, 0.2) is 83.5 Å². The fourth-order valence-electron chi connectivity index (χ4n) is 4.25. The van der Waals surface area contributed by atoms with Crippen LogP contribution >= 0.6 is 0 Å². The molecule has 2 heterocycles. The van der Waals surface area contributed by atoms with Crippen molar-refractivity contribution in [3.63, 3.8) is 0 Å². The number of furan rings is 1. The zero-order chi connectivity index (χ0) is 27.3. The molecule has 0 aliphatic carbocycles. The van der Waals surface area contributed by atoms with Gasteiger partial charge in [-0.1, -0.05) is 36.4 Å². The Morgan fingerprint density at radius 2 is 1.68 bits per heavy atom. The molecule has 0 bridgehead atoms. The summed E-state index contributed by atoms with van der Waals surface area (Å²) in [5.74, 6) is 0.830. The largest absolute Gasteiger partial charge is 0.493 e. The predicted molar refractivity (Wildman–Crippen MR) is 145 cm³/mol. The maximum absolute atomic E-state index is 14.1. The van der Waals surface area contributed by atoms with Crippen LogP contribution in [0.1, 0.15) is 48.6 Å². The van der Waals surface area contributed by atoms with Crippen LogP contribution < -0.4 is 14.8 Å². The third-order valence-electron chi connectivity index (χ3n) is 5.95. The molecule has 0 spiro atoms. The Balaban J connectivity index is 1.81. The second-order valence-corrected chi connectivity index (χ2v) is 9.92. The minimum Gasteiger partial charge on any atom is -0.493 e. The number of nitrogens with zero attached hydrogens (tertiary/aromatic N) is 1. The topological polar surface area (TPSA) is 96.8 Å². The van der Waals surface area contributed by atoms with E-state index in [0.717, 1.165) is 11.3 Å². The fourth-order valence-corrected chi connectivity index (χ4v) is 4.25. The lowest BCUT2D eigenvalue weighted by molar-refractivity contribution is -0.127. The van der Waals surface area contributed by atoms with Crippen molar-refractivity contribution in [1.29, 1.82) is 0 Å². The first kappa shape index (κ1) is 26.6. The second-order valence-electron chi connectivity index (χ2n) is 9.92. The van der Waals surface area contributed by atoms with E-state index in [1.165, 1.54) is 12.0 Å². The van der Waals surface area contributed by atoms with Gasteiger partial charge in [0.2, 0.25) is 5.91 Å². The van der Waals surface area contributed by atoms with E-state index in [2.05, 4.69) is 10.3 Å². The molecule has 4 aromatic rings. The third-order valence-corrected chi connectivity index (χ3v) is 5.95. The fraction of sp³-hybridized carbons (Fsp3) is 0.267. The molecule has 0 saturated heterocycles. The van der Waals surface area contributed by atoms with Gasteiger partial charge >= 0.3 is 0 Å². The summed E-state index contributed by atoms with van der Waals surface area (Å²) in [6, 6.07) is 21.1. The molecule has 2 aromatic carbocycles. The highest BCUT2D eigenvalue weighted by molar-refractivity contribution is 5.97. The van der Waals surface area contributed by atoms with Crippen molar-refractivity contribution in [3.05, 3.63) is 96.1 Å². The zero-order valence-corrected chi connectivity index (χ0v) is 22.3. The summed E-state index contributed by atoms with van der Waals surface area (Å²) in [4.78, 5) is 32.7. The highest BCUT2D eigenvalue weighted by atomic mass is 16.5. The van der Waals surface area contributed by atoms with Crippen LogP contribution in [0.25, 0.3) is 11.3 Å². The van der Waals surface area contributed by atoms with Gasteiger partial charge in [-0.2, -0.15) is 0 Å². The molecule has 0 unspecified atom stereocenters. The molecule has 2 amide bonds. The van der Waals surface area contributed by atoms with Crippen molar-refractivity contribution in [2.45, 2.75) is 38.9 Å². The monoisotopic (exact) mass is 515 g/mol. The van der Waals surface area contributed by atoms with Crippen molar-refractivity contribution in [1.82, 2.24) is 15.2 Å². The van der Waals surface area contributed by atoms with Crippen molar-refractivity contribution in [3.8, 4) is 22.8 Å². The SMILES string of the molecule is COc1ccc([C@H](C(=O)NC(C)(C)C)N(Cc2ccco2)C(=O)c2ccc(-c3ccccc3)[nH]2)cc1OC. The first-order chi connectivity index (χ1) is 18.2. The van der Waals surface area contributed by atoms with Crippen LogP contribution in [0, 0.1) is 0 Å². The van der Waals surface area contributed by atoms with Crippen molar-refractivity contribution in [2.24, 2.45) is 0 Å². The Bertz CT molecular complexity index is 1370. The Morgan fingerprint density at radius 3 is 2.32 bits per heavy atom. The average molecular weight is 516 g/mol. The van der Waals surface area contributed by atoms with Gasteiger partial charge in [-0.3, -0.25) is 9.59 Å². The number of amides is 2. The molecule has 1 atom stereocenters. The molecule has 4 rings (SSSR count). The van der Waals surface area contributed by atoms with Gasteiger partial charge < -0.3 is 29.1 Å². The van der Waals surface area contributed by atoms with Crippen LogP contribution in [0.5, 0.6) is 11.5 Å². The van der Waals surface area contributed by atoms with Crippen molar-refractivity contribution >= 4 is 11.8 Å². The van der Waals surface area contributed by atoms with Crippen LogP contribution in [0.3, 0.4) is 0 Å². The number of aromatic nitrogens is 1. The molecule has 2 aromatic heterocycles. The van der Waals surface area contributed by atoms with E-state index in [0.29, 0.717) is 28.5 Å². The number of H-pyrrole nitrogens is 1. The maximum Gasteiger partial charge on any atom is 0.271 e. The summed E-state index contributed by atoms with van der Waals surface area (Å²) < 4.78 is 16.5. The molecular weight excluding hydrogens is 482 g/mol. The Labute approximate surface area is 222 Å². The minimum absolute atomic E-state index is 0.0715. The molecular formula is C30H33N3O5. The van der Waals surface area contributed by atoms with Crippen molar-refractivity contribution in [2.75, 3.05) is 14.2 Å². The van der Waals surface area contributed by atoms with E-state index < -0.39 is 11.6 Å². The van der Waals surface area contributed by atoms with E-state index in [4.69, 9.17) is 13.9 Å². The molecule has 2 N–H and O–H groups in total. The third kappa shape index (κ3) is 6.08. The average Bonchev–Trinajstić information content (AvgIpc) is 3.60. The zero-order valence-electron chi connectivity index (χ0n) is 22.3. The molecule has 0 fully saturated rings. The lowest BCUT2D eigenvalue weighted by Gasteiger charge is -2.33. The number of methoxy groups -OCH3 is 2. The van der Waals surface area contributed by atoms with E-state index in [1.807, 2.05) is 57.2 Å². The molecule has 0 saturated carbocycles. The number of aromatic amines is 1. The van der Waals surface area contributed by atoms with E-state index in [9.17, 15) is 9.59 Å². The van der Waals surface area contributed by atoms with E-state index in [-0.39, 0.29) is 18.4 Å². The summed E-state index contributed by atoms with van der Waals surface area (Å²) in [7, 11) is 3.07. The predicted octanol–water partition coefficient (Wildman–Crippen LogP) is 5.59. The number of hydrogen-bond donors (Lipinski definition) is 2. The maximum atomic E-state index is 14.1.